The quantitative estimate of drug-likeness (QED) is 0.607. The number of ether oxygens (including phenoxy) is 1. The molecule has 0 aliphatic carbocycles. The molecule has 0 bridgehead atoms. The minimum absolute atomic E-state index is 1.38. The molecule has 0 spiro atoms. The Morgan fingerprint density at radius 1 is 1.08 bits per heavy atom. The van der Waals surface area contributed by atoms with Crippen LogP contribution in [0.1, 0.15) is 27.7 Å². The van der Waals surface area contributed by atoms with E-state index in [1.165, 1.54) is 6.26 Å². The molecule has 74 valence electrons. The van der Waals surface area contributed by atoms with Crippen molar-refractivity contribution in [2.24, 2.45) is 0 Å². The molecule has 2 heteroatoms. The van der Waals surface area contributed by atoms with Gasteiger partial charge in [0.15, 0.2) is 0 Å². The summed E-state index contributed by atoms with van der Waals surface area (Å²) in [5.41, 5.74) is 0. The highest BCUT2D eigenvalue weighted by atomic mass is 16.5. The van der Waals surface area contributed by atoms with E-state index in [4.69, 9.17) is 0 Å². The van der Waals surface area contributed by atoms with Crippen LogP contribution in [0.25, 0.3) is 0 Å². The van der Waals surface area contributed by atoms with Crippen LogP contribution in [-0.2, 0) is 4.74 Å². The second kappa shape index (κ2) is 22.5. The maximum absolute atomic E-state index is 4.69. The zero-order chi connectivity index (χ0) is 10.4. The second-order valence-corrected chi connectivity index (χ2v) is 1.55. The first-order valence-corrected chi connectivity index (χ1v) is 4.37. The van der Waals surface area contributed by atoms with Crippen molar-refractivity contribution in [1.29, 1.82) is 0 Å². The molecule has 0 aromatic heterocycles. The van der Waals surface area contributed by atoms with E-state index < -0.39 is 0 Å². The molecule has 0 saturated heterocycles. The first-order chi connectivity index (χ1) is 5.77. The molecule has 0 aromatic carbocycles. The van der Waals surface area contributed by atoms with Crippen LogP contribution in [0.15, 0.2) is 25.3 Å². The Hall–Kier alpha value is -0.920. The monoisotopic (exact) mass is 173 g/mol. The predicted molar refractivity (Wildman–Crippen MR) is 56.8 cm³/mol. The van der Waals surface area contributed by atoms with Crippen LogP contribution in [0, 0.1) is 0 Å². The predicted octanol–water partition coefficient (Wildman–Crippen LogP) is 3.23. The van der Waals surface area contributed by atoms with Crippen LogP contribution < -0.4 is 0 Å². The molecule has 0 aromatic rings. The van der Waals surface area contributed by atoms with E-state index in [2.05, 4.69) is 11.3 Å². The zero-order valence-electron chi connectivity index (χ0n) is 9.29. The summed E-state index contributed by atoms with van der Waals surface area (Å²) in [7, 11) is 3.84. The van der Waals surface area contributed by atoms with Crippen molar-refractivity contribution in [3.8, 4) is 0 Å². The first kappa shape index (κ1) is 17.2. The highest BCUT2D eigenvalue weighted by Crippen LogP contribution is 1.78. The molecule has 0 radical (unpaired) electrons. The Kier molecular flexibility index (Phi) is 32.3. The summed E-state index contributed by atoms with van der Waals surface area (Å²) < 4.78 is 4.69. The van der Waals surface area contributed by atoms with Crippen LogP contribution in [0.3, 0.4) is 0 Å². The Morgan fingerprint density at radius 3 is 1.75 bits per heavy atom. The fraction of sp³-hybridized carbons (Fsp3) is 0.600. The smallest absolute Gasteiger partial charge is 0.106 e. The summed E-state index contributed by atoms with van der Waals surface area (Å²) in [5, 5.41) is 0. The standard InChI is InChI=1S/C6H11NO.2C2H6/c1-4-8-6-5-7(2)3;2*1-2/h4-6H,1H2,2-3H3;2*1-2H3/b6-5-;;. The number of nitrogens with zero attached hydrogens (tertiary/aromatic N) is 1. The third-order valence-corrected chi connectivity index (χ3v) is 0.534. The largest absolute Gasteiger partial charge is 0.472 e. The number of hydrogen-bond donors (Lipinski definition) is 0. The topological polar surface area (TPSA) is 12.5 Å². The van der Waals surface area contributed by atoms with Gasteiger partial charge < -0.3 is 9.64 Å². The molecule has 0 N–H and O–H groups in total. The third-order valence-electron chi connectivity index (χ3n) is 0.534. The molecule has 2 nitrogen and oxygen atoms in total. The van der Waals surface area contributed by atoms with Crippen molar-refractivity contribution >= 4 is 0 Å². The van der Waals surface area contributed by atoms with Gasteiger partial charge in [0.2, 0.25) is 0 Å². The Bertz CT molecular complexity index is 87.8. The van der Waals surface area contributed by atoms with Gasteiger partial charge in [-0.1, -0.05) is 34.3 Å². The van der Waals surface area contributed by atoms with Gasteiger partial charge in [-0.25, -0.2) is 0 Å². The molecule has 0 aliphatic heterocycles. The van der Waals surface area contributed by atoms with Gasteiger partial charge in [-0.05, 0) is 0 Å². The number of rotatable bonds is 3. The summed E-state index contributed by atoms with van der Waals surface area (Å²) >= 11 is 0. The lowest BCUT2D eigenvalue weighted by atomic mass is 10.8. The maximum Gasteiger partial charge on any atom is 0.106 e. The van der Waals surface area contributed by atoms with Gasteiger partial charge in [-0.2, -0.15) is 0 Å². The van der Waals surface area contributed by atoms with Crippen molar-refractivity contribution in [2.45, 2.75) is 27.7 Å². The van der Waals surface area contributed by atoms with E-state index in [-0.39, 0.29) is 0 Å². The average Bonchev–Trinajstić information content (AvgIpc) is 2.12. The van der Waals surface area contributed by atoms with Gasteiger partial charge in [0.25, 0.3) is 0 Å². The molecule has 0 aliphatic rings. The van der Waals surface area contributed by atoms with Crippen LogP contribution in [0.5, 0.6) is 0 Å². The zero-order valence-corrected chi connectivity index (χ0v) is 9.29. The van der Waals surface area contributed by atoms with E-state index >= 15 is 0 Å². The average molecular weight is 173 g/mol. The van der Waals surface area contributed by atoms with Gasteiger partial charge >= 0.3 is 0 Å². The van der Waals surface area contributed by atoms with Crippen LogP contribution in [-0.4, -0.2) is 19.0 Å². The molecule has 0 rings (SSSR count). The molecule has 12 heavy (non-hydrogen) atoms. The molecule has 0 atom stereocenters. The van der Waals surface area contributed by atoms with Crippen molar-refractivity contribution < 1.29 is 4.74 Å². The van der Waals surface area contributed by atoms with E-state index in [0.29, 0.717) is 0 Å². The fourth-order valence-electron chi connectivity index (χ4n) is 0.212. The van der Waals surface area contributed by atoms with Crippen molar-refractivity contribution in [2.75, 3.05) is 14.1 Å². The van der Waals surface area contributed by atoms with Gasteiger partial charge in [-0.15, -0.1) is 0 Å². The fourth-order valence-corrected chi connectivity index (χ4v) is 0.212. The van der Waals surface area contributed by atoms with Crippen LogP contribution in [0.4, 0.5) is 0 Å². The third kappa shape index (κ3) is 35.6. The minimum atomic E-state index is 1.38. The minimum Gasteiger partial charge on any atom is -0.472 e. The lowest BCUT2D eigenvalue weighted by Crippen LogP contribution is -1.99. The highest BCUT2D eigenvalue weighted by Gasteiger charge is 1.71. The van der Waals surface area contributed by atoms with E-state index in [1.54, 1.807) is 12.5 Å². The molecule has 0 amide bonds. The SMILES string of the molecule is C=CO/C=C\N(C)C.CC.CC. The maximum atomic E-state index is 4.69. The molecular formula is C10H23NO. The number of hydrogen-bond acceptors (Lipinski definition) is 2. The van der Waals surface area contributed by atoms with Gasteiger partial charge in [0.1, 0.15) is 6.26 Å². The van der Waals surface area contributed by atoms with Crippen LogP contribution >= 0.6 is 0 Å². The Balaban J connectivity index is -0.000000175. The van der Waals surface area contributed by atoms with Gasteiger partial charge in [0.05, 0.1) is 6.26 Å². The summed E-state index contributed by atoms with van der Waals surface area (Å²) in [6.07, 6.45) is 4.73. The first-order valence-electron chi connectivity index (χ1n) is 4.37. The molecule has 0 unspecified atom stereocenters. The van der Waals surface area contributed by atoms with E-state index in [9.17, 15) is 0 Å². The molecule has 0 fully saturated rings. The lowest BCUT2D eigenvalue weighted by Gasteiger charge is -2.00. The summed E-state index contributed by atoms with van der Waals surface area (Å²) in [4.78, 5) is 1.88. The van der Waals surface area contributed by atoms with E-state index in [0.717, 1.165) is 0 Å². The van der Waals surface area contributed by atoms with Gasteiger partial charge in [-0.3, -0.25) is 0 Å². The Morgan fingerprint density at radius 2 is 1.50 bits per heavy atom. The summed E-state index contributed by atoms with van der Waals surface area (Å²) in [5.74, 6) is 0. The van der Waals surface area contributed by atoms with Crippen LogP contribution in [0.2, 0.25) is 0 Å². The summed E-state index contributed by atoms with van der Waals surface area (Å²) in [6, 6.07) is 0. The Labute approximate surface area is 77.5 Å². The molecular weight excluding hydrogens is 150 g/mol. The second-order valence-electron chi connectivity index (χ2n) is 1.55. The molecule has 0 heterocycles. The molecule has 0 saturated carbocycles. The normalized spacial score (nSPS) is 7.17. The van der Waals surface area contributed by atoms with Crippen molar-refractivity contribution in [1.82, 2.24) is 4.90 Å². The lowest BCUT2D eigenvalue weighted by molar-refractivity contribution is 0.389. The highest BCUT2D eigenvalue weighted by molar-refractivity contribution is 4.71. The summed E-state index contributed by atoms with van der Waals surface area (Å²) in [6.45, 7) is 11.4. The van der Waals surface area contributed by atoms with Crippen molar-refractivity contribution in [3.63, 3.8) is 0 Å². The van der Waals surface area contributed by atoms with E-state index in [1.807, 2.05) is 46.7 Å². The van der Waals surface area contributed by atoms with Gasteiger partial charge in [0, 0.05) is 20.3 Å². The van der Waals surface area contributed by atoms with Crippen molar-refractivity contribution in [3.05, 3.63) is 25.3 Å².